The Balaban J connectivity index is 1.60. The third-order valence-electron chi connectivity index (χ3n) is 4.41. The lowest BCUT2D eigenvalue weighted by Crippen LogP contribution is -2.26. The summed E-state index contributed by atoms with van der Waals surface area (Å²) in [5, 5.41) is 12.3. The maximum atomic E-state index is 9.08. The number of hydrogen-bond acceptors (Lipinski definition) is 7. The molecule has 1 aliphatic rings. The Morgan fingerprint density at radius 2 is 2.00 bits per heavy atom. The van der Waals surface area contributed by atoms with Gasteiger partial charge in [-0.25, -0.2) is 9.97 Å². The van der Waals surface area contributed by atoms with E-state index in [2.05, 4.69) is 25.2 Å². The Morgan fingerprint density at radius 1 is 1.16 bits per heavy atom. The van der Waals surface area contributed by atoms with Gasteiger partial charge in [0.1, 0.15) is 17.2 Å². The van der Waals surface area contributed by atoms with Crippen LogP contribution in [0, 0.1) is 6.92 Å². The monoisotopic (exact) mass is 339 g/mol. The van der Waals surface area contributed by atoms with E-state index in [4.69, 9.17) is 9.52 Å². The lowest BCUT2D eigenvalue weighted by molar-refractivity contribution is 0.311. The number of fused-ring (bicyclic) bond motifs is 2. The second kappa shape index (κ2) is 6.68. The van der Waals surface area contributed by atoms with Gasteiger partial charge in [0.2, 0.25) is 0 Å². The third kappa shape index (κ3) is 3.15. The first-order chi connectivity index (χ1) is 12.2. The van der Waals surface area contributed by atoms with E-state index in [-0.39, 0.29) is 6.61 Å². The van der Waals surface area contributed by atoms with Crippen molar-refractivity contribution >= 4 is 22.9 Å². The molecule has 130 valence electrons. The Labute approximate surface area is 145 Å². The fraction of sp³-hybridized carbons (Fsp3) is 0.389. The van der Waals surface area contributed by atoms with Crippen LogP contribution in [0.15, 0.2) is 28.7 Å². The van der Waals surface area contributed by atoms with Crippen LogP contribution in [0.4, 0.5) is 11.8 Å². The number of para-hydroxylation sites is 2. The van der Waals surface area contributed by atoms with Gasteiger partial charge in [-0.1, -0.05) is 12.1 Å². The Kier molecular flexibility index (Phi) is 4.23. The highest BCUT2D eigenvalue weighted by atomic mass is 16.4. The molecular formula is C18H21N5O2. The van der Waals surface area contributed by atoms with E-state index in [1.165, 1.54) is 0 Å². The van der Waals surface area contributed by atoms with Gasteiger partial charge < -0.3 is 19.7 Å². The van der Waals surface area contributed by atoms with Crippen LogP contribution in [0.25, 0.3) is 11.1 Å². The van der Waals surface area contributed by atoms with Gasteiger partial charge in [-0.3, -0.25) is 0 Å². The van der Waals surface area contributed by atoms with Crippen molar-refractivity contribution < 1.29 is 9.52 Å². The maximum Gasteiger partial charge on any atom is 0.298 e. The summed E-state index contributed by atoms with van der Waals surface area (Å²) in [6, 6.07) is 8.46. The van der Waals surface area contributed by atoms with Crippen molar-refractivity contribution in [2.75, 3.05) is 36.5 Å². The topological polar surface area (TPSA) is 87.3 Å². The Hall–Kier alpha value is -2.67. The van der Waals surface area contributed by atoms with Crippen molar-refractivity contribution in [1.82, 2.24) is 15.0 Å². The molecule has 3 aromatic rings. The number of nitrogens with zero attached hydrogens (tertiary/aromatic N) is 4. The molecule has 7 heteroatoms. The van der Waals surface area contributed by atoms with Crippen molar-refractivity contribution in [3.8, 4) is 0 Å². The fourth-order valence-electron chi connectivity index (χ4n) is 3.23. The number of benzene rings is 1. The van der Waals surface area contributed by atoms with Gasteiger partial charge in [-0.05, 0) is 25.5 Å². The van der Waals surface area contributed by atoms with E-state index < -0.39 is 0 Å². The van der Waals surface area contributed by atoms with Crippen molar-refractivity contribution in [1.29, 1.82) is 0 Å². The number of rotatable bonds is 4. The summed E-state index contributed by atoms with van der Waals surface area (Å²) in [5.41, 5.74) is 3.87. The molecule has 0 spiro atoms. The summed E-state index contributed by atoms with van der Waals surface area (Å²) in [7, 11) is 0. The molecule has 0 unspecified atom stereocenters. The average Bonchev–Trinajstić information content (AvgIpc) is 2.93. The quantitative estimate of drug-likeness (QED) is 0.751. The second-order valence-electron chi connectivity index (χ2n) is 6.15. The van der Waals surface area contributed by atoms with Crippen LogP contribution in [-0.4, -0.2) is 46.3 Å². The van der Waals surface area contributed by atoms with E-state index >= 15 is 0 Å². The molecule has 2 aromatic heterocycles. The zero-order valence-electron chi connectivity index (χ0n) is 14.2. The second-order valence-corrected chi connectivity index (χ2v) is 6.15. The largest absolute Gasteiger partial charge is 0.423 e. The highest BCUT2D eigenvalue weighted by Crippen LogP contribution is 2.26. The van der Waals surface area contributed by atoms with Gasteiger partial charge >= 0.3 is 0 Å². The number of nitrogens with one attached hydrogen (secondary N) is 1. The summed E-state index contributed by atoms with van der Waals surface area (Å²) < 4.78 is 5.91. The summed E-state index contributed by atoms with van der Waals surface area (Å²) in [6.45, 7) is 4.05. The highest BCUT2D eigenvalue weighted by Gasteiger charge is 2.22. The smallest absolute Gasteiger partial charge is 0.298 e. The molecule has 0 aliphatic carbocycles. The van der Waals surface area contributed by atoms with Crippen LogP contribution >= 0.6 is 0 Å². The zero-order valence-corrected chi connectivity index (χ0v) is 14.2. The van der Waals surface area contributed by atoms with Crippen molar-refractivity contribution in [3.63, 3.8) is 0 Å². The molecule has 0 bridgehead atoms. The molecule has 1 aromatic carbocycles. The predicted octanol–water partition coefficient (Wildman–Crippen LogP) is 1.94. The van der Waals surface area contributed by atoms with Gasteiger partial charge in [0.15, 0.2) is 5.58 Å². The van der Waals surface area contributed by atoms with Crippen LogP contribution in [0.5, 0.6) is 0 Å². The molecule has 25 heavy (non-hydrogen) atoms. The summed E-state index contributed by atoms with van der Waals surface area (Å²) in [5.74, 6) is 1.57. The normalized spacial score (nSPS) is 14.4. The van der Waals surface area contributed by atoms with Crippen LogP contribution in [-0.2, 0) is 12.8 Å². The van der Waals surface area contributed by atoms with Crippen LogP contribution < -0.4 is 10.2 Å². The minimum atomic E-state index is 0.0762. The first-order valence-corrected chi connectivity index (χ1v) is 8.56. The summed E-state index contributed by atoms with van der Waals surface area (Å²) >= 11 is 0. The minimum Gasteiger partial charge on any atom is -0.423 e. The molecule has 0 amide bonds. The highest BCUT2D eigenvalue weighted by molar-refractivity contribution is 5.74. The predicted molar refractivity (Wildman–Crippen MR) is 96.0 cm³/mol. The lowest BCUT2D eigenvalue weighted by atomic mass is 10.1. The molecule has 3 heterocycles. The van der Waals surface area contributed by atoms with E-state index in [1.807, 2.05) is 31.2 Å². The lowest BCUT2D eigenvalue weighted by Gasteiger charge is -2.17. The number of aliphatic hydroxyl groups excluding tert-OH is 1. The van der Waals surface area contributed by atoms with Crippen LogP contribution in [0.1, 0.15) is 17.1 Å². The average molecular weight is 339 g/mol. The van der Waals surface area contributed by atoms with E-state index in [0.29, 0.717) is 12.6 Å². The number of hydrogen-bond donors (Lipinski definition) is 2. The number of aliphatic hydroxyl groups is 1. The van der Waals surface area contributed by atoms with Gasteiger partial charge in [0.25, 0.3) is 6.01 Å². The van der Waals surface area contributed by atoms with Crippen molar-refractivity contribution in [2.45, 2.75) is 19.8 Å². The molecular weight excluding hydrogens is 318 g/mol. The van der Waals surface area contributed by atoms with Crippen LogP contribution in [0.2, 0.25) is 0 Å². The first kappa shape index (κ1) is 15.8. The van der Waals surface area contributed by atoms with Crippen molar-refractivity contribution in [2.24, 2.45) is 0 Å². The SMILES string of the molecule is Cc1nc2c(c(NCCO)n1)CCN(c1nc3ccccc3o1)CC2. The van der Waals surface area contributed by atoms with E-state index in [9.17, 15) is 0 Å². The van der Waals surface area contributed by atoms with Gasteiger partial charge in [-0.2, -0.15) is 4.98 Å². The molecule has 0 saturated carbocycles. The number of oxazole rings is 1. The molecule has 2 N–H and O–H groups in total. The molecule has 4 rings (SSSR count). The molecule has 0 radical (unpaired) electrons. The summed E-state index contributed by atoms with van der Waals surface area (Å²) in [6.07, 6.45) is 1.62. The molecule has 7 nitrogen and oxygen atoms in total. The minimum absolute atomic E-state index is 0.0762. The van der Waals surface area contributed by atoms with Gasteiger partial charge in [-0.15, -0.1) is 0 Å². The number of anilines is 2. The number of aromatic nitrogens is 3. The Morgan fingerprint density at radius 3 is 2.84 bits per heavy atom. The van der Waals surface area contributed by atoms with Crippen LogP contribution in [0.3, 0.4) is 0 Å². The standard InChI is InChI=1S/C18H21N5O2/c1-12-20-14-7-10-23(9-6-13(14)17(21-12)19-8-11-24)18-22-15-4-2-3-5-16(15)25-18/h2-5,24H,6-11H2,1H3,(H,19,20,21). The Bertz CT molecular complexity index is 859. The zero-order chi connectivity index (χ0) is 17.2. The first-order valence-electron chi connectivity index (χ1n) is 8.56. The van der Waals surface area contributed by atoms with Gasteiger partial charge in [0, 0.05) is 31.6 Å². The molecule has 0 saturated heterocycles. The molecule has 0 fully saturated rings. The number of aryl methyl sites for hydroxylation is 1. The van der Waals surface area contributed by atoms with Gasteiger partial charge in [0.05, 0.1) is 12.3 Å². The summed E-state index contributed by atoms with van der Waals surface area (Å²) in [4.78, 5) is 15.9. The molecule has 1 aliphatic heterocycles. The fourth-order valence-corrected chi connectivity index (χ4v) is 3.23. The van der Waals surface area contributed by atoms with E-state index in [1.54, 1.807) is 0 Å². The van der Waals surface area contributed by atoms with Crippen molar-refractivity contribution in [3.05, 3.63) is 41.3 Å². The molecule has 0 atom stereocenters. The van der Waals surface area contributed by atoms with E-state index in [0.717, 1.165) is 59.9 Å². The maximum absolute atomic E-state index is 9.08. The third-order valence-corrected chi connectivity index (χ3v) is 4.41.